The number of nitrogens with zero attached hydrogens (tertiary/aromatic N) is 1. The lowest BCUT2D eigenvalue weighted by atomic mass is 10.1. The van der Waals surface area contributed by atoms with Gasteiger partial charge in [0.2, 0.25) is 0 Å². The van der Waals surface area contributed by atoms with Crippen molar-refractivity contribution in [1.82, 2.24) is 4.98 Å². The van der Waals surface area contributed by atoms with Gasteiger partial charge in [0, 0.05) is 23.2 Å². The second-order valence-corrected chi connectivity index (χ2v) is 5.43. The molecule has 0 amide bonds. The van der Waals surface area contributed by atoms with Crippen molar-refractivity contribution >= 4 is 22.9 Å². The average molecular weight is 321 g/mol. The average Bonchev–Trinajstić information content (AvgIpc) is 2.61. The lowest BCUT2D eigenvalue weighted by Crippen LogP contribution is -2.06. The van der Waals surface area contributed by atoms with Gasteiger partial charge in [0.05, 0.1) is 5.52 Å². The van der Waals surface area contributed by atoms with Crippen LogP contribution in [0.2, 0.25) is 0 Å². The quantitative estimate of drug-likeness (QED) is 0.517. The van der Waals surface area contributed by atoms with Crippen LogP contribution in [0.4, 0.5) is 4.39 Å². The second-order valence-electron chi connectivity index (χ2n) is 5.43. The summed E-state index contributed by atoms with van der Waals surface area (Å²) in [5, 5.41) is 1.000. The molecule has 0 spiro atoms. The molecule has 3 rings (SSSR count). The molecular weight excluding hydrogens is 305 g/mol. The number of aromatic nitrogens is 1. The smallest absolute Gasteiger partial charge is 0.331 e. The molecule has 0 bridgehead atoms. The van der Waals surface area contributed by atoms with Crippen LogP contribution in [-0.2, 0) is 9.53 Å². The minimum absolute atomic E-state index is 0.313. The molecule has 1 heterocycles. The molecule has 1 unspecified atom stereocenters. The van der Waals surface area contributed by atoms with Crippen LogP contribution in [0.25, 0.3) is 17.0 Å². The Balaban J connectivity index is 1.67. The van der Waals surface area contributed by atoms with E-state index in [0.717, 1.165) is 22.0 Å². The molecule has 2 aromatic carbocycles. The molecule has 0 saturated carbocycles. The monoisotopic (exact) mass is 321 g/mol. The van der Waals surface area contributed by atoms with Gasteiger partial charge in [0.1, 0.15) is 11.9 Å². The molecule has 0 aliphatic carbocycles. The molecule has 120 valence electrons. The van der Waals surface area contributed by atoms with Gasteiger partial charge in [0.25, 0.3) is 0 Å². The maximum absolute atomic E-state index is 12.8. The highest BCUT2D eigenvalue weighted by Crippen LogP contribution is 2.21. The topological polar surface area (TPSA) is 39.2 Å². The number of rotatable bonds is 4. The summed E-state index contributed by atoms with van der Waals surface area (Å²) in [5.74, 6) is -0.771. The van der Waals surface area contributed by atoms with Crippen molar-refractivity contribution in [3.8, 4) is 0 Å². The van der Waals surface area contributed by atoms with Gasteiger partial charge in [-0.2, -0.15) is 0 Å². The lowest BCUT2D eigenvalue weighted by molar-refractivity contribution is -0.142. The van der Waals surface area contributed by atoms with Crippen LogP contribution < -0.4 is 0 Å². The molecule has 24 heavy (non-hydrogen) atoms. The van der Waals surface area contributed by atoms with E-state index in [-0.39, 0.29) is 5.82 Å². The Kier molecular flexibility index (Phi) is 4.66. The van der Waals surface area contributed by atoms with E-state index in [1.54, 1.807) is 31.3 Å². The first-order valence-electron chi connectivity index (χ1n) is 7.61. The third-order valence-corrected chi connectivity index (χ3v) is 3.66. The van der Waals surface area contributed by atoms with Gasteiger partial charge >= 0.3 is 5.97 Å². The van der Waals surface area contributed by atoms with E-state index in [1.165, 1.54) is 18.2 Å². The van der Waals surface area contributed by atoms with Crippen LogP contribution in [0.5, 0.6) is 0 Å². The molecule has 0 aliphatic heterocycles. The number of fused-ring (bicyclic) bond motifs is 1. The second kappa shape index (κ2) is 7.04. The fraction of sp³-hybridized carbons (Fsp3) is 0.100. The van der Waals surface area contributed by atoms with E-state index in [0.29, 0.717) is 0 Å². The molecule has 3 aromatic rings. The van der Waals surface area contributed by atoms with Crippen LogP contribution in [-0.4, -0.2) is 11.0 Å². The van der Waals surface area contributed by atoms with Crippen molar-refractivity contribution in [3.05, 3.63) is 83.8 Å². The first kappa shape index (κ1) is 15.9. The number of esters is 1. The maximum atomic E-state index is 12.8. The predicted molar refractivity (Wildman–Crippen MR) is 91.7 cm³/mol. The molecule has 0 fully saturated rings. The van der Waals surface area contributed by atoms with Crippen molar-refractivity contribution in [2.75, 3.05) is 0 Å². The number of hydrogen-bond acceptors (Lipinski definition) is 3. The third kappa shape index (κ3) is 3.84. The zero-order chi connectivity index (χ0) is 16.9. The summed E-state index contributed by atoms with van der Waals surface area (Å²) in [5.41, 5.74) is 2.46. The summed E-state index contributed by atoms with van der Waals surface area (Å²) in [4.78, 5) is 16.3. The van der Waals surface area contributed by atoms with Gasteiger partial charge < -0.3 is 4.74 Å². The molecule has 0 N–H and O–H groups in total. The Morgan fingerprint density at radius 3 is 2.71 bits per heavy atom. The van der Waals surface area contributed by atoms with Crippen molar-refractivity contribution in [2.24, 2.45) is 0 Å². The maximum Gasteiger partial charge on any atom is 0.331 e. The van der Waals surface area contributed by atoms with Crippen LogP contribution in [0, 0.1) is 5.82 Å². The Morgan fingerprint density at radius 2 is 1.92 bits per heavy atom. The number of carbonyl (C=O) groups excluding carboxylic acids is 1. The van der Waals surface area contributed by atoms with Gasteiger partial charge in [-0.05, 0) is 42.8 Å². The number of pyridine rings is 1. The largest absolute Gasteiger partial charge is 0.455 e. The number of carbonyl (C=O) groups is 1. The van der Waals surface area contributed by atoms with E-state index in [4.69, 9.17) is 4.74 Å². The van der Waals surface area contributed by atoms with Crippen molar-refractivity contribution in [1.29, 1.82) is 0 Å². The summed E-state index contributed by atoms with van der Waals surface area (Å²) >= 11 is 0. The van der Waals surface area contributed by atoms with Gasteiger partial charge in [-0.15, -0.1) is 0 Å². The Labute approximate surface area is 139 Å². The van der Waals surface area contributed by atoms with E-state index in [9.17, 15) is 9.18 Å². The van der Waals surface area contributed by atoms with E-state index in [1.807, 2.05) is 30.3 Å². The molecule has 0 aliphatic rings. The number of benzene rings is 2. The Bertz CT molecular complexity index is 888. The molecular formula is C20H16FNO2. The Morgan fingerprint density at radius 1 is 1.17 bits per heavy atom. The minimum atomic E-state index is -0.458. The van der Waals surface area contributed by atoms with E-state index >= 15 is 0 Å². The number of ether oxygens (including phenoxy) is 1. The van der Waals surface area contributed by atoms with Crippen molar-refractivity contribution in [2.45, 2.75) is 13.0 Å². The highest BCUT2D eigenvalue weighted by atomic mass is 19.1. The van der Waals surface area contributed by atoms with Crippen molar-refractivity contribution in [3.63, 3.8) is 0 Å². The fourth-order valence-corrected chi connectivity index (χ4v) is 2.33. The number of para-hydroxylation sites is 1. The molecule has 0 saturated heterocycles. The van der Waals surface area contributed by atoms with Crippen LogP contribution in [0.1, 0.15) is 24.2 Å². The number of hydrogen-bond donors (Lipinski definition) is 0. The SMILES string of the molecule is CC(OC(=O)C=Cc1ccc(F)cc1)c1cnc2ccccc2c1. The summed E-state index contributed by atoms with van der Waals surface area (Å²) in [6.45, 7) is 1.80. The normalized spacial score (nSPS) is 12.4. The number of halogens is 1. The first-order chi connectivity index (χ1) is 11.6. The summed E-state index contributed by atoms with van der Waals surface area (Å²) in [6.07, 6.45) is 4.22. The highest BCUT2D eigenvalue weighted by Gasteiger charge is 2.10. The van der Waals surface area contributed by atoms with Gasteiger partial charge in [-0.25, -0.2) is 9.18 Å². The first-order valence-corrected chi connectivity index (χ1v) is 7.61. The summed E-state index contributed by atoms with van der Waals surface area (Å²) in [7, 11) is 0. The van der Waals surface area contributed by atoms with Gasteiger partial charge in [-0.3, -0.25) is 4.98 Å². The summed E-state index contributed by atoms with van der Waals surface area (Å²) < 4.78 is 18.2. The highest BCUT2D eigenvalue weighted by molar-refractivity contribution is 5.87. The van der Waals surface area contributed by atoms with Crippen molar-refractivity contribution < 1.29 is 13.9 Å². The van der Waals surface area contributed by atoms with Gasteiger partial charge in [0.15, 0.2) is 0 Å². The molecule has 0 radical (unpaired) electrons. The van der Waals surface area contributed by atoms with Crippen LogP contribution >= 0.6 is 0 Å². The van der Waals surface area contributed by atoms with Crippen LogP contribution in [0.3, 0.4) is 0 Å². The lowest BCUT2D eigenvalue weighted by Gasteiger charge is -2.12. The summed E-state index contributed by atoms with van der Waals surface area (Å²) in [6, 6.07) is 15.6. The standard InChI is InChI=1S/C20H16FNO2/c1-14(17-12-16-4-2-3-5-19(16)22-13-17)24-20(23)11-8-15-6-9-18(21)10-7-15/h2-14H,1H3. The Hall–Kier alpha value is -3.01. The van der Waals surface area contributed by atoms with E-state index < -0.39 is 12.1 Å². The minimum Gasteiger partial charge on any atom is -0.455 e. The molecule has 1 aromatic heterocycles. The van der Waals surface area contributed by atoms with E-state index in [2.05, 4.69) is 4.98 Å². The van der Waals surface area contributed by atoms with Gasteiger partial charge in [-0.1, -0.05) is 30.3 Å². The van der Waals surface area contributed by atoms with Crippen LogP contribution in [0.15, 0.2) is 66.9 Å². The predicted octanol–water partition coefficient (Wildman–Crippen LogP) is 4.69. The molecule has 4 heteroatoms. The molecule has 1 atom stereocenters. The zero-order valence-electron chi connectivity index (χ0n) is 13.1. The third-order valence-electron chi connectivity index (χ3n) is 3.66. The molecule has 3 nitrogen and oxygen atoms in total. The zero-order valence-corrected chi connectivity index (χ0v) is 13.1. The fourth-order valence-electron chi connectivity index (χ4n) is 2.33.